The Balaban J connectivity index is 4.42. The molecule has 2 atom stereocenters. The van der Waals surface area contributed by atoms with E-state index in [1.54, 1.807) is 6.92 Å². The average Bonchev–Trinajstić information content (AvgIpc) is 2.25. The lowest BCUT2D eigenvalue weighted by atomic mass is 9.81. The van der Waals surface area contributed by atoms with E-state index in [-0.39, 0.29) is 0 Å². The lowest BCUT2D eigenvalue weighted by molar-refractivity contribution is -0.150. The van der Waals surface area contributed by atoms with Crippen LogP contribution in [0.15, 0.2) is 12.7 Å². The molecule has 0 N–H and O–H groups in total. The Morgan fingerprint density at radius 3 is 2.60 bits per heavy atom. The predicted octanol–water partition coefficient (Wildman–Crippen LogP) is 2.50. The molecule has 0 aromatic carbocycles. The molecule has 0 fully saturated rings. The minimum atomic E-state index is -0.589. The van der Waals surface area contributed by atoms with E-state index in [0.29, 0.717) is 0 Å². The van der Waals surface area contributed by atoms with Gasteiger partial charge in [-0.2, -0.15) is 0 Å². The number of hydrogen-bond donors (Lipinski definition) is 0. The Bertz CT molecular complexity index is 235. The molecule has 0 aromatic heterocycles. The maximum atomic E-state index is 11.0. The second-order valence-corrected chi connectivity index (χ2v) is 4.01. The summed E-state index contributed by atoms with van der Waals surface area (Å²) < 4.78 is 5.06. The van der Waals surface area contributed by atoms with Crippen LogP contribution in [0.4, 0.5) is 0 Å². The summed E-state index contributed by atoms with van der Waals surface area (Å²) in [5.41, 5.74) is -0.589. The van der Waals surface area contributed by atoms with Gasteiger partial charge in [-0.25, -0.2) is 4.79 Å². The predicted molar refractivity (Wildman–Crippen MR) is 59.4 cm³/mol. The van der Waals surface area contributed by atoms with E-state index in [4.69, 9.17) is 4.74 Å². The van der Waals surface area contributed by atoms with E-state index < -0.39 is 17.5 Å². The zero-order valence-electron chi connectivity index (χ0n) is 9.79. The topological polar surface area (TPSA) is 43.4 Å². The highest BCUT2D eigenvalue weighted by molar-refractivity contribution is 5.81. The number of hydrogen-bond acceptors (Lipinski definition) is 3. The van der Waals surface area contributed by atoms with E-state index >= 15 is 0 Å². The number of rotatable bonds is 7. The van der Waals surface area contributed by atoms with Crippen molar-refractivity contribution in [2.75, 3.05) is 0 Å². The first kappa shape index (κ1) is 13.9. The lowest BCUT2D eigenvalue weighted by Gasteiger charge is -2.29. The molecule has 0 radical (unpaired) electrons. The van der Waals surface area contributed by atoms with Gasteiger partial charge in [-0.1, -0.05) is 26.3 Å². The van der Waals surface area contributed by atoms with Crippen LogP contribution in [0, 0.1) is 5.41 Å². The smallest absolute Gasteiger partial charge is 0.330 e. The van der Waals surface area contributed by atoms with Crippen LogP contribution >= 0.6 is 0 Å². The largest absolute Gasteiger partial charge is 0.458 e. The van der Waals surface area contributed by atoms with Crippen molar-refractivity contribution in [1.82, 2.24) is 0 Å². The van der Waals surface area contributed by atoms with E-state index in [2.05, 4.69) is 13.5 Å². The second-order valence-electron chi connectivity index (χ2n) is 4.01. The normalized spacial score (nSPS) is 16.2. The third-order valence-electron chi connectivity index (χ3n) is 2.73. The molecule has 0 aliphatic carbocycles. The van der Waals surface area contributed by atoms with Gasteiger partial charge < -0.3 is 9.53 Å². The van der Waals surface area contributed by atoms with E-state index in [1.807, 2.05) is 6.92 Å². The van der Waals surface area contributed by atoms with Crippen molar-refractivity contribution in [2.24, 2.45) is 5.41 Å². The zero-order chi connectivity index (χ0) is 11.9. The summed E-state index contributed by atoms with van der Waals surface area (Å²) in [5, 5.41) is 0. The van der Waals surface area contributed by atoms with E-state index in [1.165, 1.54) is 0 Å². The first-order valence-corrected chi connectivity index (χ1v) is 5.29. The summed E-state index contributed by atoms with van der Waals surface area (Å²) in [6.45, 7) is 8.94. The molecular formula is C12H20O3. The fraction of sp³-hybridized carbons (Fsp3) is 0.667. The molecule has 0 heterocycles. The van der Waals surface area contributed by atoms with Gasteiger partial charge >= 0.3 is 5.97 Å². The van der Waals surface area contributed by atoms with Crippen LogP contribution in [0.2, 0.25) is 0 Å². The summed E-state index contributed by atoms with van der Waals surface area (Å²) in [5.74, 6) is -0.480. The van der Waals surface area contributed by atoms with Gasteiger partial charge in [0.05, 0.1) is 5.41 Å². The Hall–Kier alpha value is -1.12. The van der Waals surface area contributed by atoms with E-state index in [0.717, 1.165) is 31.6 Å². The molecule has 0 aromatic rings. The van der Waals surface area contributed by atoms with Crippen molar-refractivity contribution in [2.45, 2.75) is 46.1 Å². The third kappa shape index (κ3) is 4.28. The number of carbonyl (C=O) groups excluding carboxylic acids is 2. The molecular weight excluding hydrogens is 192 g/mol. The Labute approximate surface area is 91.5 Å². The van der Waals surface area contributed by atoms with Gasteiger partial charge in [-0.3, -0.25) is 0 Å². The molecule has 0 bridgehead atoms. The summed E-state index contributed by atoms with van der Waals surface area (Å²) in [6.07, 6.45) is 4.28. The molecule has 3 heteroatoms. The van der Waals surface area contributed by atoms with Gasteiger partial charge in [-0.05, 0) is 20.3 Å². The molecule has 0 saturated carbocycles. The fourth-order valence-corrected chi connectivity index (χ4v) is 1.27. The third-order valence-corrected chi connectivity index (χ3v) is 2.73. The Kier molecular flexibility index (Phi) is 5.90. The minimum Gasteiger partial charge on any atom is -0.458 e. The standard InChI is InChI=1S/C12H20O3/c1-5-7-8-12(4,9-13)10(3)15-11(14)6-2/h6,9-10H,2,5,7-8H2,1,3-4H3. The molecule has 86 valence electrons. The highest BCUT2D eigenvalue weighted by Gasteiger charge is 2.32. The molecule has 3 nitrogen and oxygen atoms in total. The lowest BCUT2D eigenvalue weighted by Crippen LogP contribution is -2.35. The molecule has 0 aliphatic rings. The maximum Gasteiger partial charge on any atom is 0.330 e. The van der Waals surface area contributed by atoms with Crippen molar-refractivity contribution in [3.05, 3.63) is 12.7 Å². The van der Waals surface area contributed by atoms with E-state index in [9.17, 15) is 9.59 Å². The molecule has 0 amide bonds. The van der Waals surface area contributed by atoms with Crippen LogP contribution in [0.3, 0.4) is 0 Å². The number of unbranched alkanes of at least 4 members (excludes halogenated alkanes) is 1. The highest BCUT2D eigenvalue weighted by Crippen LogP contribution is 2.28. The van der Waals surface area contributed by atoms with Gasteiger partial charge in [0.1, 0.15) is 12.4 Å². The summed E-state index contributed by atoms with van der Waals surface area (Å²) in [6, 6.07) is 0. The van der Waals surface area contributed by atoms with Gasteiger partial charge in [0.2, 0.25) is 0 Å². The number of ether oxygens (including phenoxy) is 1. The van der Waals surface area contributed by atoms with Crippen molar-refractivity contribution in [3.63, 3.8) is 0 Å². The average molecular weight is 212 g/mol. The Morgan fingerprint density at radius 1 is 1.60 bits per heavy atom. The number of aldehydes is 1. The molecule has 0 spiro atoms. The Morgan fingerprint density at radius 2 is 2.20 bits per heavy atom. The second kappa shape index (κ2) is 6.38. The molecule has 0 aliphatic heterocycles. The molecule has 2 unspecified atom stereocenters. The SMILES string of the molecule is C=CC(=O)OC(C)C(C)(C=O)CCCC. The summed E-state index contributed by atoms with van der Waals surface area (Å²) in [4.78, 5) is 22.0. The van der Waals surface area contributed by atoms with Crippen LogP contribution in [-0.2, 0) is 14.3 Å². The first-order chi connectivity index (χ1) is 7.00. The zero-order valence-corrected chi connectivity index (χ0v) is 9.79. The first-order valence-electron chi connectivity index (χ1n) is 5.29. The molecule has 15 heavy (non-hydrogen) atoms. The molecule has 0 rings (SSSR count). The van der Waals surface area contributed by atoms with Crippen molar-refractivity contribution in [3.8, 4) is 0 Å². The van der Waals surface area contributed by atoms with Crippen LogP contribution in [0.5, 0.6) is 0 Å². The molecule has 0 saturated heterocycles. The number of carbonyl (C=O) groups is 2. The van der Waals surface area contributed by atoms with Gasteiger partial charge in [0.25, 0.3) is 0 Å². The van der Waals surface area contributed by atoms with Crippen LogP contribution in [0.25, 0.3) is 0 Å². The van der Waals surface area contributed by atoms with Gasteiger partial charge in [0.15, 0.2) is 0 Å². The van der Waals surface area contributed by atoms with Crippen LogP contribution in [-0.4, -0.2) is 18.4 Å². The van der Waals surface area contributed by atoms with Crippen molar-refractivity contribution in [1.29, 1.82) is 0 Å². The number of esters is 1. The monoisotopic (exact) mass is 212 g/mol. The van der Waals surface area contributed by atoms with Gasteiger partial charge in [0, 0.05) is 6.08 Å². The minimum absolute atomic E-state index is 0.410. The van der Waals surface area contributed by atoms with Crippen LogP contribution < -0.4 is 0 Å². The van der Waals surface area contributed by atoms with Crippen molar-refractivity contribution < 1.29 is 14.3 Å². The maximum absolute atomic E-state index is 11.0. The summed E-state index contributed by atoms with van der Waals surface area (Å²) in [7, 11) is 0. The fourth-order valence-electron chi connectivity index (χ4n) is 1.27. The highest BCUT2D eigenvalue weighted by atomic mass is 16.5. The van der Waals surface area contributed by atoms with Crippen LogP contribution in [0.1, 0.15) is 40.0 Å². The quantitative estimate of drug-likeness (QED) is 0.370. The summed E-state index contributed by atoms with van der Waals surface area (Å²) >= 11 is 0. The van der Waals surface area contributed by atoms with Crippen molar-refractivity contribution >= 4 is 12.3 Å². The van der Waals surface area contributed by atoms with Gasteiger partial charge in [-0.15, -0.1) is 0 Å².